The Labute approximate surface area is 109 Å². The molecule has 18 heavy (non-hydrogen) atoms. The number of nitrogens with zero attached hydrogens (tertiary/aromatic N) is 3. The Balaban J connectivity index is 2.71. The van der Waals surface area contributed by atoms with Gasteiger partial charge in [-0.1, -0.05) is 0 Å². The summed E-state index contributed by atoms with van der Waals surface area (Å²) < 4.78 is 0. The van der Waals surface area contributed by atoms with Crippen LogP contribution in [0.2, 0.25) is 0 Å². The van der Waals surface area contributed by atoms with E-state index in [1.165, 1.54) is 0 Å². The van der Waals surface area contributed by atoms with Gasteiger partial charge in [0.1, 0.15) is 11.6 Å². The van der Waals surface area contributed by atoms with Gasteiger partial charge in [-0.15, -0.1) is 0 Å². The number of aliphatic hydroxyl groups is 1. The van der Waals surface area contributed by atoms with Crippen molar-refractivity contribution in [3.63, 3.8) is 0 Å². The molecule has 0 unspecified atom stereocenters. The van der Waals surface area contributed by atoms with Crippen LogP contribution in [0.5, 0.6) is 0 Å². The summed E-state index contributed by atoms with van der Waals surface area (Å²) in [5.74, 6) is 1.63. The minimum atomic E-state index is -0.705. The molecule has 0 saturated carbocycles. The Hall–Kier alpha value is -1.20. The van der Waals surface area contributed by atoms with Gasteiger partial charge in [0.2, 0.25) is 0 Å². The van der Waals surface area contributed by atoms with Gasteiger partial charge >= 0.3 is 0 Å². The first kappa shape index (κ1) is 14.9. The SMILES string of the molecule is CCNc1cc(C)nc(CN(C)CC(C)(C)O)n1. The quantitative estimate of drug-likeness (QED) is 0.802. The predicted molar refractivity (Wildman–Crippen MR) is 73.6 cm³/mol. The Morgan fingerprint density at radius 2 is 2.06 bits per heavy atom. The molecule has 1 aromatic rings. The lowest BCUT2D eigenvalue weighted by molar-refractivity contribution is 0.0418. The lowest BCUT2D eigenvalue weighted by atomic mass is 10.1. The first-order valence-electron chi connectivity index (χ1n) is 6.29. The molecule has 0 aliphatic heterocycles. The molecule has 0 radical (unpaired) electrons. The summed E-state index contributed by atoms with van der Waals surface area (Å²) in [4.78, 5) is 10.9. The van der Waals surface area contributed by atoms with Crippen molar-refractivity contribution in [2.45, 2.75) is 39.8 Å². The zero-order valence-electron chi connectivity index (χ0n) is 12.0. The third-order valence-corrected chi connectivity index (χ3v) is 2.33. The van der Waals surface area contributed by atoms with E-state index in [2.05, 4.69) is 15.3 Å². The highest BCUT2D eigenvalue weighted by molar-refractivity contribution is 5.35. The highest BCUT2D eigenvalue weighted by atomic mass is 16.3. The van der Waals surface area contributed by atoms with Crippen LogP contribution >= 0.6 is 0 Å². The summed E-state index contributed by atoms with van der Waals surface area (Å²) in [7, 11) is 1.95. The lowest BCUT2D eigenvalue weighted by Crippen LogP contribution is -2.36. The molecule has 0 fully saturated rings. The molecular formula is C13H24N4O. The predicted octanol–water partition coefficient (Wildman–Crippen LogP) is 1.42. The highest BCUT2D eigenvalue weighted by Gasteiger charge is 2.16. The number of aryl methyl sites for hydroxylation is 1. The topological polar surface area (TPSA) is 61.3 Å². The summed E-state index contributed by atoms with van der Waals surface area (Å²) in [5.41, 5.74) is 0.246. The first-order valence-corrected chi connectivity index (χ1v) is 6.29. The fourth-order valence-electron chi connectivity index (χ4n) is 1.93. The van der Waals surface area contributed by atoms with E-state index in [0.29, 0.717) is 13.1 Å². The third-order valence-electron chi connectivity index (χ3n) is 2.33. The minimum Gasteiger partial charge on any atom is -0.389 e. The molecule has 1 rings (SSSR count). The van der Waals surface area contributed by atoms with Gasteiger partial charge in [-0.3, -0.25) is 4.90 Å². The molecule has 0 spiro atoms. The smallest absolute Gasteiger partial charge is 0.144 e. The molecule has 1 heterocycles. The monoisotopic (exact) mass is 252 g/mol. The number of aromatic nitrogens is 2. The third kappa shape index (κ3) is 5.42. The number of rotatable bonds is 6. The summed E-state index contributed by atoms with van der Waals surface area (Å²) in [5, 5.41) is 13.0. The normalized spacial score (nSPS) is 11.9. The van der Waals surface area contributed by atoms with Crippen LogP contribution in [0.25, 0.3) is 0 Å². The number of likely N-dealkylation sites (N-methyl/N-ethyl adjacent to an activating group) is 1. The van der Waals surface area contributed by atoms with Crippen LogP contribution in [0, 0.1) is 6.92 Å². The van der Waals surface area contributed by atoms with Crippen molar-refractivity contribution < 1.29 is 5.11 Å². The maximum Gasteiger partial charge on any atom is 0.144 e. The summed E-state index contributed by atoms with van der Waals surface area (Å²) >= 11 is 0. The van der Waals surface area contributed by atoms with Gasteiger partial charge in [0.05, 0.1) is 12.1 Å². The van der Waals surface area contributed by atoms with Gasteiger partial charge in [0.25, 0.3) is 0 Å². The van der Waals surface area contributed by atoms with Gasteiger partial charge in [-0.05, 0) is 34.7 Å². The zero-order valence-corrected chi connectivity index (χ0v) is 12.0. The van der Waals surface area contributed by atoms with E-state index in [0.717, 1.165) is 23.9 Å². The Kier molecular flexibility index (Phi) is 5.04. The number of hydrogen-bond donors (Lipinski definition) is 2. The van der Waals surface area contributed by atoms with Crippen molar-refractivity contribution in [3.05, 3.63) is 17.6 Å². The maximum atomic E-state index is 9.76. The standard InChI is InChI=1S/C13H24N4O/c1-6-14-11-7-10(2)15-12(16-11)8-17(5)9-13(3,4)18/h7,18H,6,8-9H2,1-5H3,(H,14,15,16). The van der Waals surface area contributed by atoms with Gasteiger partial charge < -0.3 is 10.4 Å². The fourth-order valence-corrected chi connectivity index (χ4v) is 1.93. The van der Waals surface area contributed by atoms with Crippen molar-refractivity contribution in [1.82, 2.24) is 14.9 Å². The molecule has 0 bridgehead atoms. The van der Waals surface area contributed by atoms with Crippen LogP contribution in [0.1, 0.15) is 32.3 Å². The van der Waals surface area contributed by atoms with E-state index >= 15 is 0 Å². The zero-order chi connectivity index (χ0) is 13.8. The molecule has 0 amide bonds. The molecule has 0 aromatic carbocycles. The van der Waals surface area contributed by atoms with E-state index in [4.69, 9.17) is 0 Å². The van der Waals surface area contributed by atoms with E-state index in [1.807, 2.05) is 31.9 Å². The largest absolute Gasteiger partial charge is 0.389 e. The number of hydrogen-bond acceptors (Lipinski definition) is 5. The van der Waals surface area contributed by atoms with Crippen LogP contribution in [0.15, 0.2) is 6.07 Å². The molecule has 0 aliphatic rings. The molecule has 0 aliphatic carbocycles. The van der Waals surface area contributed by atoms with Crippen molar-refractivity contribution in [1.29, 1.82) is 0 Å². The molecule has 0 atom stereocenters. The average Bonchev–Trinajstić information content (AvgIpc) is 2.12. The van der Waals surface area contributed by atoms with Crippen molar-refractivity contribution >= 4 is 5.82 Å². The van der Waals surface area contributed by atoms with Crippen LogP contribution < -0.4 is 5.32 Å². The average molecular weight is 252 g/mol. The van der Waals surface area contributed by atoms with E-state index in [9.17, 15) is 5.11 Å². The maximum absolute atomic E-state index is 9.76. The summed E-state index contributed by atoms with van der Waals surface area (Å²) in [6, 6.07) is 1.93. The van der Waals surface area contributed by atoms with Crippen LogP contribution in [-0.4, -0.2) is 45.7 Å². The van der Waals surface area contributed by atoms with Crippen molar-refractivity contribution in [2.24, 2.45) is 0 Å². The second-order valence-corrected chi connectivity index (χ2v) is 5.33. The van der Waals surface area contributed by atoms with Gasteiger partial charge in [-0.25, -0.2) is 9.97 Å². The Morgan fingerprint density at radius 1 is 1.39 bits per heavy atom. The Morgan fingerprint density at radius 3 is 2.61 bits per heavy atom. The first-order chi connectivity index (χ1) is 8.30. The Bertz CT molecular complexity index is 387. The number of anilines is 1. The summed E-state index contributed by atoms with van der Waals surface area (Å²) in [6.07, 6.45) is 0. The molecule has 5 nitrogen and oxygen atoms in total. The molecule has 102 valence electrons. The molecule has 5 heteroatoms. The molecular weight excluding hydrogens is 228 g/mol. The lowest BCUT2D eigenvalue weighted by Gasteiger charge is -2.24. The second kappa shape index (κ2) is 6.11. The van der Waals surface area contributed by atoms with Crippen LogP contribution in [-0.2, 0) is 6.54 Å². The fraction of sp³-hybridized carbons (Fsp3) is 0.692. The molecule has 1 aromatic heterocycles. The van der Waals surface area contributed by atoms with Gasteiger partial charge in [0.15, 0.2) is 0 Å². The van der Waals surface area contributed by atoms with Crippen LogP contribution in [0.4, 0.5) is 5.82 Å². The minimum absolute atomic E-state index is 0.584. The van der Waals surface area contributed by atoms with E-state index in [-0.39, 0.29) is 0 Å². The van der Waals surface area contributed by atoms with E-state index in [1.54, 1.807) is 13.8 Å². The van der Waals surface area contributed by atoms with Crippen molar-refractivity contribution in [2.75, 3.05) is 25.5 Å². The van der Waals surface area contributed by atoms with Crippen LogP contribution in [0.3, 0.4) is 0 Å². The van der Waals surface area contributed by atoms with Crippen molar-refractivity contribution in [3.8, 4) is 0 Å². The summed E-state index contributed by atoms with van der Waals surface area (Å²) in [6.45, 7) is 9.65. The highest BCUT2D eigenvalue weighted by Crippen LogP contribution is 2.09. The molecule has 2 N–H and O–H groups in total. The van der Waals surface area contributed by atoms with Gasteiger partial charge in [-0.2, -0.15) is 0 Å². The van der Waals surface area contributed by atoms with Gasteiger partial charge in [0, 0.05) is 24.8 Å². The molecule has 0 saturated heterocycles. The number of nitrogens with one attached hydrogen (secondary N) is 1. The second-order valence-electron chi connectivity index (χ2n) is 5.33. The van der Waals surface area contributed by atoms with E-state index < -0.39 is 5.60 Å².